The molecule has 0 spiro atoms. The molecular formula is C26H19N5O2S. The van der Waals surface area contributed by atoms with E-state index in [9.17, 15) is 14.9 Å². The molecule has 1 unspecified atom stereocenters. The van der Waals surface area contributed by atoms with Gasteiger partial charge in [-0.1, -0.05) is 36.4 Å². The summed E-state index contributed by atoms with van der Waals surface area (Å²) in [4.78, 5) is 27.4. The minimum atomic E-state index is -1.53. The molecule has 166 valence electrons. The number of rotatable bonds is 5. The third-order valence-corrected chi connectivity index (χ3v) is 6.64. The van der Waals surface area contributed by atoms with Gasteiger partial charge in [-0.05, 0) is 42.5 Å². The Hall–Kier alpha value is -4.35. The summed E-state index contributed by atoms with van der Waals surface area (Å²) in [6, 6.07) is 25.7. The van der Waals surface area contributed by atoms with Crippen LogP contribution in [0.15, 0.2) is 83.8 Å². The molecule has 0 radical (unpaired) electrons. The molecule has 7 nitrogen and oxygen atoms in total. The van der Waals surface area contributed by atoms with Crippen LogP contribution >= 0.6 is 11.8 Å². The SMILES string of the molecule is N#CC(C(=O)Nc1ccccc1)C(=O)c1nn(-c2ccccc2)c2c1CSc1ccc(N)cc1-2. The number of carbonyl (C=O) groups is 2. The zero-order valence-corrected chi connectivity index (χ0v) is 18.8. The van der Waals surface area contributed by atoms with Gasteiger partial charge in [-0.3, -0.25) is 9.59 Å². The lowest BCUT2D eigenvalue weighted by Crippen LogP contribution is -2.29. The van der Waals surface area contributed by atoms with E-state index in [1.165, 1.54) is 0 Å². The minimum absolute atomic E-state index is 0.120. The van der Waals surface area contributed by atoms with Gasteiger partial charge in [-0.2, -0.15) is 10.4 Å². The Bertz CT molecular complexity index is 1440. The lowest BCUT2D eigenvalue weighted by molar-refractivity contribution is -0.117. The van der Waals surface area contributed by atoms with Crippen LogP contribution in [0.2, 0.25) is 0 Å². The number of fused-ring (bicyclic) bond motifs is 3. The van der Waals surface area contributed by atoms with Crippen molar-refractivity contribution in [2.45, 2.75) is 10.6 Å². The molecule has 1 aromatic heterocycles. The topological polar surface area (TPSA) is 114 Å². The van der Waals surface area contributed by atoms with Crippen molar-refractivity contribution in [3.63, 3.8) is 0 Å². The molecule has 3 aromatic carbocycles. The number of nitrogen functional groups attached to an aromatic ring is 1. The summed E-state index contributed by atoms with van der Waals surface area (Å²) in [5.41, 5.74) is 10.4. The Morgan fingerprint density at radius 1 is 1.06 bits per heavy atom. The summed E-state index contributed by atoms with van der Waals surface area (Å²) in [6.07, 6.45) is 0. The van der Waals surface area contributed by atoms with Crippen molar-refractivity contribution in [1.29, 1.82) is 5.26 Å². The summed E-state index contributed by atoms with van der Waals surface area (Å²) in [6.45, 7) is 0. The fourth-order valence-corrected chi connectivity index (χ4v) is 4.98. The maximum atomic E-state index is 13.5. The van der Waals surface area contributed by atoms with Gasteiger partial charge in [0.25, 0.3) is 0 Å². The maximum absolute atomic E-state index is 13.5. The Morgan fingerprint density at radius 2 is 1.76 bits per heavy atom. The van der Waals surface area contributed by atoms with Crippen molar-refractivity contribution in [3.05, 3.63) is 90.1 Å². The number of nitrogens with one attached hydrogen (secondary N) is 1. The second-order valence-electron chi connectivity index (χ2n) is 7.75. The van der Waals surface area contributed by atoms with Crippen LogP contribution in [0.5, 0.6) is 0 Å². The largest absolute Gasteiger partial charge is 0.399 e. The molecular weight excluding hydrogens is 446 g/mol. The van der Waals surface area contributed by atoms with Gasteiger partial charge < -0.3 is 11.1 Å². The van der Waals surface area contributed by atoms with Gasteiger partial charge in [0.1, 0.15) is 5.69 Å². The second-order valence-corrected chi connectivity index (χ2v) is 8.77. The zero-order valence-electron chi connectivity index (χ0n) is 17.9. The highest BCUT2D eigenvalue weighted by atomic mass is 32.2. The van der Waals surface area contributed by atoms with E-state index in [0.29, 0.717) is 22.7 Å². The third kappa shape index (κ3) is 3.83. The Kier molecular flexibility index (Phi) is 5.62. The number of amides is 1. The highest BCUT2D eigenvalue weighted by Gasteiger charge is 2.35. The number of carbonyl (C=O) groups excluding carboxylic acids is 2. The highest BCUT2D eigenvalue weighted by molar-refractivity contribution is 7.98. The molecule has 4 aromatic rings. The first-order valence-corrected chi connectivity index (χ1v) is 11.5. The molecule has 1 amide bonds. The molecule has 0 bridgehead atoms. The highest BCUT2D eigenvalue weighted by Crippen LogP contribution is 2.44. The van der Waals surface area contributed by atoms with Gasteiger partial charge in [-0.25, -0.2) is 4.68 Å². The van der Waals surface area contributed by atoms with E-state index in [2.05, 4.69) is 10.4 Å². The number of thioether (sulfide) groups is 1. The number of para-hydroxylation sites is 2. The molecule has 1 aliphatic heterocycles. The number of nitriles is 1. The van der Waals surface area contributed by atoms with Crippen LogP contribution in [-0.2, 0) is 10.5 Å². The third-order valence-electron chi connectivity index (χ3n) is 5.54. The molecule has 0 saturated heterocycles. The normalized spacial score (nSPS) is 12.7. The first-order chi connectivity index (χ1) is 16.6. The molecule has 34 heavy (non-hydrogen) atoms. The number of nitrogens with two attached hydrogens (primary N) is 1. The van der Waals surface area contributed by atoms with Crippen molar-refractivity contribution >= 4 is 34.8 Å². The number of benzene rings is 3. The lowest BCUT2D eigenvalue weighted by atomic mass is 9.97. The zero-order chi connectivity index (χ0) is 23.7. The first kappa shape index (κ1) is 21.5. The summed E-state index contributed by atoms with van der Waals surface area (Å²) >= 11 is 1.57. The smallest absolute Gasteiger partial charge is 0.249 e. The minimum Gasteiger partial charge on any atom is -0.399 e. The molecule has 0 saturated carbocycles. The van der Waals surface area contributed by atoms with Crippen molar-refractivity contribution < 1.29 is 9.59 Å². The quantitative estimate of drug-likeness (QED) is 0.251. The molecule has 3 N–H and O–H groups in total. The first-order valence-electron chi connectivity index (χ1n) is 10.6. The van der Waals surface area contributed by atoms with Crippen LogP contribution in [0.1, 0.15) is 16.1 Å². The predicted molar refractivity (Wildman–Crippen MR) is 131 cm³/mol. The van der Waals surface area contributed by atoms with Crippen LogP contribution in [0, 0.1) is 17.2 Å². The Labute approximate surface area is 200 Å². The van der Waals surface area contributed by atoms with Crippen LogP contribution in [0.25, 0.3) is 16.9 Å². The Balaban J connectivity index is 1.61. The van der Waals surface area contributed by atoms with E-state index in [-0.39, 0.29) is 5.69 Å². The summed E-state index contributed by atoms with van der Waals surface area (Å²) in [5, 5.41) is 17.0. The van der Waals surface area contributed by atoms with Gasteiger partial charge in [0.2, 0.25) is 11.7 Å². The van der Waals surface area contributed by atoms with Crippen LogP contribution in [0.4, 0.5) is 11.4 Å². The lowest BCUT2D eigenvalue weighted by Gasteiger charge is -2.19. The van der Waals surface area contributed by atoms with E-state index < -0.39 is 17.6 Å². The fraction of sp³-hybridized carbons (Fsp3) is 0.0769. The molecule has 1 atom stereocenters. The number of anilines is 2. The monoisotopic (exact) mass is 465 g/mol. The number of nitrogens with zero attached hydrogens (tertiary/aromatic N) is 3. The Morgan fingerprint density at radius 3 is 2.47 bits per heavy atom. The molecule has 8 heteroatoms. The van der Waals surface area contributed by atoms with Crippen molar-refractivity contribution in [2.75, 3.05) is 11.1 Å². The number of ketones is 1. The number of Topliss-reactive ketones (excluding diaryl/α,β-unsaturated/α-hetero) is 1. The molecule has 1 aliphatic rings. The average molecular weight is 466 g/mol. The molecule has 0 aliphatic carbocycles. The number of aromatic nitrogens is 2. The number of hydrogen-bond acceptors (Lipinski definition) is 6. The van der Waals surface area contributed by atoms with Gasteiger partial charge in [0, 0.05) is 33.2 Å². The second kappa shape index (κ2) is 8.89. The maximum Gasteiger partial charge on any atom is 0.249 e. The molecule has 2 heterocycles. The van der Waals surface area contributed by atoms with Gasteiger partial charge in [0.05, 0.1) is 17.5 Å². The summed E-state index contributed by atoms with van der Waals surface area (Å²) in [7, 11) is 0. The standard InChI is InChI=1S/C26H19N5O2S/c27-14-20(26(33)29-17-7-3-1-4-8-17)25(32)23-21-15-34-22-12-11-16(28)13-19(22)24(21)31(30-23)18-9-5-2-6-10-18/h1-13,20H,15,28H2,(H,29,33). The summed E-state index contributed by atoms with van der Waals surface area (Å²) < 4.78 is 1.70. The van der Waals surface area contributed by atoms with E-state index in [4.69, 9.17) is 5.73 Å². The van der Waals surface area contributed by atoms with Crippen LogP contribution < -0.4 is 11.1 Å². The summed E-state index contributed by atoms with van der Waals surface area (Å²) in [5.74, 6) is -2.36. The van der Waals surface area contributed by atoms with Crippen LogP contribution in [0.3, 0.4) is 0 Å². The number of hydrogen-bond donors (Lipinski definition) is 2. The van der Waals surface area contributed by atoms with Crippen molar-refractivity contribution in [1.82, 2.24) is 9.78 Å². The van der Waals surface area contributed by atoms with E-state index in [1.54, 1.807) is 40.7 Å². The van der Waals surface area contributed by atoms with Crippen molar-refractivity contribution in [3.8, 4) is 23.0 Å². The van der Waals surface area contributed by atoms with E-state index in [0.717, 1.165) is 21.8 Å². The fourth-order valence-electron chi connectivity index (χ4n) is 3.94. The van der Waals surface area contributed by atoms with Gasteiger partial charge >= 0.3 is 0 Å². The van der Waals surface area contributed by atoms with E-state index in [1.807, 2.05) is 60.7 Å². The average Bonchev–Trinajstić information content (AvgIpc) is 3.26. The molecule has 5 rings (SSSR count). The van der Waals surface area contributed by atoms with Crippen molar-refractivity contribution in [2.24, 2.45) is 5.92 Å². The van der Waals surface area contributed by atoms with Gasteiger partial charge in [-0.15, -0.1) is 11.8 Å². The predicted octanol–water partition coefficient (Wildman–Crippen LogP) is 4.69. The molecule has 0 fully saturated rings. The van der Waals surface area contributed by atoms with Crippen LogP contribution in [-0.4, -0.2) is 21.5 Å². The van der Waals surface area contributed by atoms with Gasteiger partial charge in [0.15, 0.2) is 5.92 Å². The van der Waals surface area contributed by atoms with E-state index >= 15 is 0 Å².